The molecule has 0 bridgehead atoms. The average Bonchev–Trinajstić information content (AvgIpc) is 2.96. The van der Waals surface area contributed by atoms with Crippen molar-refractivity contribution in [3.63, 3.8) is 0 Å². The molecule has 5 nitrogen and oxygen atoms in total. The van der Waals surface area contributed by atoms with Crippen LogP contribution in [0, 0.1) is 5.82 Å². The van der Waals surface area contributed by atoms with Crippen molar-refractivity contribution in [3.8, 4) is 11.4 Å². The van der Waals surface area contributed by atoms with Gasteiger partial charge in [-0.05, 0) is 18.2 Å². The van der Waals surface area contributed by atoms with E-state index in [1.807, 2.05) is 23.9 Å². The van der Waals surface area contributed by atoms with Gasteiger partial charge in [-0.1, -0.05) is 5.16 Å². The van der Waals surface area contributed by atoms with E-state index in [9.17, 15) is 4.39 Å². The van der Waals surface area contributed by atoms with E-state index in [-0.39, 0.29) is 24.1 Å². The van der Waals surface area contributed by atoms with Crippen molar-refractivity contribution in [1.82, 2.24) is 14.7 Å². The minimum atomic E-state index is -0.377. The molecule has 0 unspecified atom stereocenters. The Hall–Kier alpha value is -2.21. The van der Waals surface area contributed by atoms with Crippen molar-refractivity contribution in [3.05, 3.63) is 36.1 Å². The molecule has 0 amide bonds. The van der Waals surface area contributed by atoms with Crippen LogP contribution in [-0.2, 0) is 13.6 Å². The van der Waals surface area contributed by atoms with Gasteiger partial charge in [-0.25, -0.2) is 4.39 Å². The highest BCUT2D eigenvalue weighted by molar-refractivity contribution is 5.84. The molecule has 3 rings (SSSR count). The Morgan fingerprint density at radius 2 is 2.28 bits per heavy atom. The van der Waals surface area contributed by atoms with Crippen LogP contribution in [-0.4, -0.2) is 14.7 Å². The summed E-state index contributed by atoms with van der Waals surface area (Å²) in [7, 11) is 1.89. The maximum Gasteiger partial charge on any atom is 0.240 e. The summed E-state index contributed by atoms with van der Waals surface area (Å²) >= 11 is 0. The van der Waals surface area contributed by atoms with E-state index in [0.29, 0.717) is 5.56 Å². The van der Waals surface area contributed by atoms with Crippen LogP contribution in [0.4, 0.5) is 4.39 Å². The van der Waals surface area contributed by atoms with Gasteiger partial charge < -0.3 is 14.8 Å². The zero-order chi connectivity index (χ0) is 12.7. The molecule has 6 heteroatoms. The van der Waals surface area contributed by atoms with E-state index in [1.165, 1.54) is 6.07 Å². The van der Waals surface area contributed by atoms with Crippen LogP contribution in [0.25, 0.3) is 22.3 Å². The standard InChI is InChI=1S/C12H11FN4O/c1-17-3-2-7-4-9(13)8(5-10(7)17)12-15-11(6-14)18-16-12/h2-5H,6,14H2,1H3. The molecule has 3 aromatic rings. The lowest BCUT2D eigenvalue weighted by Crippen LogP contribution is -1.96. The van der Waals surface area contributed by atoms with Crippen molar-refractivity contribution >= 4 is 10.9 Å². The lowest BCUT2D eigenvalue weighted by Gasteiger charge is -2.01. The Bertz CT molecular complexity index is 716. The third-order valence-corrected chi connectivity index (χ3v) is 2.86. The number of aromatic nitrogens is 3. The minimum Gasteiger partial charge on any atom is -0.351 e. The van der Waals surface area contributed by atoms with Gasteiger partial charge in [-0.2, -0.15) is 4.98 Å². The van der Waals surface area contributed by atoms with Gasteiger partial charge in [0.05, 0.1) is 12.1 Å². The van der Waals surface area contributed by atoms with Gasteiger partial charge in [0.15, 0.2) is 0 Å². The van der Waals surface area contributed by atoms with Crippen molar-refractivity contribution in [1.29, 1.82) is 0 Å². The van der Waals surface area contributed by atoms with Crippen LogP contribution in [0.2, 0.25) is 0 Å². The first-order valence-electron chi connectivity index (χ1n) is 5.46. The number of rotatable bonds is 2. The van der Waals surface area contributed by atoms with Gasteiger partial charge in [-0.3, -0.25) is 0 Å². The maximum atomic E-state index is 14.0. The zero-order valence-corrected chi connectivity index (χ0v) is 9.72. The quantitative estimate of drug-likeness (QED) is 0.748. The number of fused-ring (bicyclic) bond motifs is 1. The molecule has 0 atom stereocenters. The van der Waals surface area contributed by atoms with Gasteiger partial charge in [0.25, 0.3) is 0 Å². The Balaban J connectivity index is 2.21. The molecule has 2 aromatic heterocycles. The van der Waals surface area contributed by atoms with Crippen molar-refractivity contribution in [2.24, 2.45) is 12.8 Å². The topological polar surface area (TPSA) is 69.9 Å². The van der Waals surface area contributed by atoms with E-state index in [0.717, 1.165) is 10.9 Å². The smallest absolute Gasteiger partial charge is 0.240 e. The fraction of sp³-hybridized carbons (Fsp3) is 0.167. The summed E-state index contributed by atoms with van der Waals surface area (Å²) in [5.41, 5.74) is 6.60. The van der Waals surface area contributed by atoms with Crippen LogP contribution < -0.4 is 5.73 Å². The van der Waals surface area contributed by atoms with Crippen LogP contribution in [0.15, 0.2) is 28.9 Å². The molecular formula is C12H11FN4O. The predicted molar refractivity (Wildman–Crippen MR) is 64.1 cm³/mol. The van der Waals surface area contributed by atoms with Crippen molar-refractivity contribution < 1.29 is 8.91 Å². The maximum absolute atomic E-state index is 14.0. The van der Waals surface area contributed by atoms with Crippen LogP contribution in [0.5, 0.6) is 0 Å². The second-order valence-corrected chi connectivity index (χ2v) is 4.03. The predicted octanol–water partition coefficient (Wildman–Crippen LogP) is 1.83. The van der Waals surface area contributed by atoms with Gasteiger partial charge in [-0.15, -0.1) is 0 Å². The average molecular weight is 246 g/mol. The van der Waals surface area contributed by atoms with Crippen LogP contribution >= 0.6 is 0 Å². The molecule has 0 saturated heterocycles. The Labute approximate surface area is 102 Å². The van der Waals surface area contributed by atoms with Crippen LogP contribution in [0.1, 0.15) is 5.89 Å². The normalized spacial score (nSPS) is 11.3. The lowest BCUT2D eigenvalue weighted by atomic mass is 10.1. The largest absolute Gasteiger partial charge is 0.351 e. The summed E-state index contributed by atoms with van der Waals surface area (Å²) < 4.78 is 20.8. The minimum absolute atomic E-state index is 0.140. The van der Waals surface area contributed by atoms with Crippen LogP contribution in [0.3, 0.4) is 0 Å². The zero-order valence-electron chi connectivity index (χ0n) is 9.72. The highest BCUT2D eigenvalue weighted by Gasteiger charge is 2.14. The van der Waals surface area contributed by atoms with Gasteiger partial charge in [0.1, 0.15) is 5.82 Å². The molecule has 92 valence electrons. The van der Waals surface area contributed by atoms with E-state index in [1.54, 1.807) is 6.07 Å². The highest BCUT2D eigenvalue weighted by Crippen LogP contribution is 2.26. The number of halogens is 1. The number of aryl methyl sites for hydroxylation is 1. The summed E-state index contributed by atoms with van der Waals surface area (Å²) in [4.78, 5) is 4.03. The first kappa shape index (κ1) is 10.9. The van der Waals surface area contributed by atoms with Gasteiger partial charge in [0.2, 0.25) is 11.7 Å². The molecule has 0 aliphatic heterocycles. The van der Waals surface area contributed by atoms with Crippen molar-refractivity contribution in [2.45, 2.75) is 6.54 Å². The Morgan fingerprint density at radius 1 is 1.44 bits per heavy atom. The first-order chi connectivity index (χ1) is 8.69. The summed E-state index contributed by atoms with van der Waals surface area (Å²) in [6.45, 7) is 0.140. The number of hydrogen-bond acceptors (Lipinski definition) is 4. The molecule has 0 spiro atoms. The summed E-state index contributed by atoms with van der Waals surface area (Å²) in [6.07, 6.45) is 1.87. The number of nitrogens with two attached hydrogens (primary N) is 1. The first-order valence-corrected chi connectivity index (χ1v) is 5.46. The molecule has 18 heavy (non-hydrogen) atoms. The monoisotopic (exact) mass is 246 g/mol. The number of hydrogen-bond donors (Lipinski definition) is 1. The molecule has 0 radical (unpaired) electrons. The third kappa shape index (κ3) is 1.58. The fourth-order valence-electron chi connectivity index (χ4n) is 1.91. The highest BCUT2D eigenvalue weighted by atomic mass is 19.1. The molecular weight excluding hydrogens is 235 g/mol. The Kier molecular flexibility index (Phi) is 2.38. The lowest BCUT2D eigenvalue weighted by molar-refractivity contribution is 0.380. The van der Waals surface area contributed by atoms with E-state index < -0.39 is 0 Å². The van der Waals surface area contributed by atoms with E-state index in [2.05, 4.69) is 10.1 Å². The second-order valence-electron chi connectivity index (χ2n) is 4.03. The molecule has 2 heterocycles. The summed E-state index contributed by atoms with van der Waals surface area (Å²) in [6, 6.07) is 5.02. The molecule has 0 saturated carbocycles. The number of nitrogens with zero attached hydrogens (tertiary/aromatic N) is 3. The van der Waals surface area contributed by atoms with E-state index >= 15 is 0 Å². The summed E-state index contributed by atoms with van der Waals surface area (Å²) in [5, 5.41) is 4.56. The molecule has 0 fully saturated rings. The second kappa shape index (κ2) is 3.92. The Morgan fingerprint density at radius 3 is 3.00 bits per heavy atom. The third-order valence-electron chi connectivity index (χ3n) is 2.86. The van der Waals surface area contributed by atoms with Gasteiger partial charge >= 0.3 is 0 Å². The molecule has 0 aliphatic rings. The molecule has 1 aromatic carbocycles. The molecule has 0 aliphatic carbocycles. The van der Waals surface area contributed by atoms with E-state index in [4.69, 9.17) is 10.3 Å². The van der Waals surface area contributed by atoms with Gasteiger partial charge in [0, 0.05) is 24.1 Å². The fourth-order valence-corrected chi connectivity index (χ4v) is 1.91. The number of benzene rings is 1. The van der Waals surface area contributed by atoms with Crippen molar-refractivity contribution in [2.75, 3.05) is 0 Å². The SMILES string of the molecule is Cn1ccc2cc(F)c(-c3noc(CN)n3)cc21. The summed E-state index contributed by atoms with van der Waals surface area (Å²) in [5.74, 6) is 0.130. The molecule has 2 N–H and O–H groups in total.